The summed E-state index contributed by atoms with van der Waals surface area (Å²) in [5.41, 5.74) is 1.60. The predicted octanol–water partition coefficient (Wildman–Crippen LogP) is 1.05. The second-order valence-electron chi connectivity index (χ2n) is 4.78. The van der Waals surface area contributed by atoms with E-state index in [9.17, 15) is 9.59 Å². The molecule has 2 amide bonds. The van der Waals surface area contributed by atoms with Gasteiger partial charge in [0.25, 0.3) is 5.91 Å². The molecule has 3 N–H and O–H groups in total. The van der Waals surface area contributed by atoms with Crippen LogP contribution in [0.5, 0.6) is 0 Å². The molecule has 1 aromatic carbocycles. The van der Waals surface area contributed by atoms with E-state index in [1.54, 1.807) is 12.1 Å². The average Bonchev–Trinajstić information content (AvgIpc) is 2.43. The minimum absolute atomic E-state index is 0.0655. The number of carbonyl (C=O) groups excluding carboxylic acids is 2. The van der Waals surface area contributed by atoms with Crippen molar-refractivity contribution in [1.82, 2.24) is 16.0 Å². The van der Waals surface area contributed by atoms with Crippen molar-refractivity contribution in [2.24, 2.45) is 0 Å². The summed E-state index contributed by atoms with van der Waals surface area (Å²) in [6, 6.07) is 7.48. The molecule has 0 unspecified atom stereocenters. The van der Waals surface area contributed by atoms with Crippen LogP contribution in [0.4, 0.5) is 0 Å². The summed E-state index contributed by atoms with van der Waals surface area (Å²) in [7, 11) is 0. The van der Waals surface area contributed by atoms with Crippen molar-refractivity contribution in [3.8, 4) is 0 Å². The smallest absolute Gasteiger partial charge is 0.251 e. The highest BCUT2D eigenvalue weighted by molar-refractivity contribution is 5.94. The summed E-state index contributed by atoms with van der Waals surface area (Å²) in [5.74, 6) is -0.148. The quantitative estimate of drug-likeness (QED) is 0.697. The van der Waals surface area contributed by atoms with Crippen LogP contribution in [0, 0.1) is 0 Å². The van der Waals surface area contributed by atoms with Crippen molar-refractivity contribution in [2.75, 3.05) is 13.1 Å². The number of likely N-dealkylation sites (N-methyl/N-ethyl adjacent to an activating group) is 1. The molecule has 0 saturated heterocycles. The Hall–Kier alpha value is -1.88. The van der Waals surface area contributed by atoms with Gasteiger partial charge in [-0.05, 0) is 31.2 Å². The predicted molar refractivity (Wildman–Crippen MR) is 79.4 cm³/mol. The van der Waals surface area contributed by atoms with Gasteiger partial charge in [-0.1, -0.05) is 19.1 Å². The molecule has 0 fully saturated rings. The fraction of sp³-hybridized carbons (Fsp3) is 0.467. The van der Waals surface area contributed by atoms with Gasteiger partial charge in [-0.3, -0.25) is 9.59 Å². The molecule has 1 aromatic rings. The van der Waals surface area contributed by atoms with Crippen molar-refractivity contribution < 1.29 is 9.59 Å². The first-order chi connectivity index (χ1) is 9.52. The Bertz CT molecular complexity index is 443. The van der Waals surface area contributed by atoms with Crippen LogP contribution in [0.1, 0.15) is 36.7 Å². The van der Waals surface area contributed by atoms with Gasteiger partial charge in [0.15, 0.2) is 0 Å². The van der Waals surface area contributed by atoms with Gasteiger partial charge in [0, 0.05) is 31.6 Å². The van der Waals surface area contributed by atoms with Crippen LogP contribution in [0.25, 0.3) is 0 Å². The highest BCUT2D eigenvalue weighted by atomic mass is 16.2. The van der Waals surface area contributed by atoms with Gasteiger partial charge in [0.2, 0.25) is 5.91 Å². The lowest BCUT2D eigenvalue weighted by molar-refractivity contribution is -0.119. The third-order valence-corrected chi connectivity index (χ3v) is 2.88. The second kappa shape index (κ2) is 8.32. The number of hydrogen-bond donors (Lipinski definition) is 3. The zero-order valence-electron chi connectivity index (χ0n) is 12.3. The molecule has 5 heteroatoms. The fourth-order valence-electron chi connectivity index (χ4n) is 1.77. The molecular weight excluding hydrogens is 254 g/mol. The minimum Gasteiger partial charge on any atom is -0.352 e. The van der Waals surface area contributed by atoms with Gasteiger partial charge in [-0.25, -0.2) is 0 Å². The molecule has 0 bridgehead atoms. The lowest BCUT2D eigenvalue weighted by Crippen LogP contribution is -2.38. The first-order valence-corrected chi connectivity index (χ1v) is 6.88. The van der Waals surface area contributed by atoms with Crippen LogP contribution in [-0.4, -0.2) is 30.9 Å². The molecule has 5 nitrogen and oxygen atoms in total. The van der Waals surface area contributed by atoms with Crippen LogP contribution in [0.2, 0.25) is 0 Å². The molecule has 0 aromatic heterocycles. The van der Waals surface area contributed by atoms with Gasteiger partial charge in [0.05, 0.1) is 0 Å². The molecule has 20 heavy (non-hydrogen) atoms. The number of rotatable bonds is 7. The molecule has 1 atom stereocenters. The maximum absolute atomic E-state index is 11.9. The van der Waals surface area contributed by atoms with Crippen LogP contribution in [-0.2, 0) is 11.3 Å². The molecule has 110 valence electrons. The van der Waals surface area contributed by atoms with E-state index in [0.29, 0.717) is 18.7 Å². The lowest BCUT2D eigenvalue weighted by atomic mass is 10.1. The summed E-state index contributed by atoms with van der Waals surface area (Å²) in [5, 5.41) is 8.83. The summed E-state index contributed by atoms with van der Waals surface area (Å²) in [4.78, 5) is 22.7. The Morgan fingerprint density at radius 3 is 2.35 bits per heavy atom. The van der Waals surface area contributed by atoms with Crippen molar-refractivity contribution in [3.05, 3.63) is 35.4 Å². The van der Waals surface area contributed by atoms with E-state index in [4.69, 9.17) is 0 Å². The standard InChI is InChI=1S/C15H23N3O2/c1-4-16-11(2)9-18-15(20)14-7-5-13(6-8-14)10-17-12(3)19/h5-8,11,16H,4,9-10H2,1-3H3,(H,17,19)(H,18,20)/t11-/m1/s1. The summed E-state index contributed by atoms with van der Waals surface area (Å²) >= 11 is 0. The molecule has 0 radical (unpaired) electrons. The first-order valence-electron chi connectivity index (χ1n) is 6.88. The van der Waals surface area contributed by atoms with Crippen molar-refractivity contribution in [1.29, 1.82) is 0 Å². The summed E-state index contributed by atoms with van der Waals surface area (Å²) in [6.45, 7) is 7.50. The number of hydrogen-bond acceptors (Lipinski definition) is 3. The second-order valence-corrected chi connectivity index (χ2v) is 4.78. The lowest BCUT2D eigenvalue weighted by Gasteiger charge is -2.13. The Labute approximate surface area is 120 Å². The van der Waals surface area contributed by atoms with Crippen molar-refractivity contribution in [2.45, 2.75) is 33.4 Å². The van der Waals surface area contributed by atoms with Crippen LogP contribution in [0.15, 0.2) is 24.3 Å². The number of benzene rings is 1. The number of amides is 2. The molecule has 0 aliphatic carbocycles. The monoisotopic (exact) mass is 277 g/mol. The van der Waals surface area contributed by atoms with E-state index >= 15 is 0 Å². The van der Waals surface area contributed by atoms with Gasteiger partial charge >= 0.3 is 0 Å². The van der Waals surface area contributed by atoms with Crippen LogP contribution >= 0.6 is 0 Å². The van der Waals surface area contributed by atoms with Gasteiger partial charge in [0.1, 0.15) is 0 Å². The zero-order valence-corrected chi connectivity index (χ0v) is 12.3. The molecule has 0 aliphatic rings. The maximum atomic E-state index is 11.9. The topological polar surface area (TPSA) is 70.2 Å². The van der Waals surface area contributed by atoms with E-state index < -0.39 is 0 Å². The van der Waals surface area contributed by atoms with Crippen molar-refractivity contribution >= 4 is 11.8 Å². The Morgan fingerprint density at radius 2 is 1.80 bits per heavy atom. The van der Waals surface area contributed by atoms with Crippen molar-refractivity contribution in [3.63, 3.8) is 0 Å². The number of nitrogens with one attached hydrogen (secondary N) is 3. The average molecular weight is 277 g/mol. The molecule has 0 heterocycles. The first kappa shape index (κ1) is 16.2. The van der Waals surface area contributed by atoms with Gasteiger partial charge < -0.3 is 16.0 Å². The van der Waals surface area contributed by atoms with E-state index in [-0.39, 0.29) is 17.9 Å². The minimum atomic E-state index is -0.0826. The van der Waals surface area contributed by atoms with E-state index in [1.165, 1.54) is 6.92 Å². The largest absolute Gasteiger partial charge is 0.352 e. The van der Waals surface area contributed by atoms with E-state index in [2.05, 4.69) is 16.0 Å². The highest BCUT2D eigenvalue weighted by Crippen LogP contribution is 2.04. The maximum Gasteiger partial charge on any atom is 0.251 e. The zero-order chi connectivity index (χ0) is 15.0. The third kappa shape index (κ3) is 5.84. The third-order valence-electron chi connectivity index (χ3n) is 2.88. The fourth-order valence-corrected chi connectivity index (χ4v) is 1.77. The molecule has 1 rings (SSSR count). The molecule has 0 saturated carbocycles. The van der Waals surface area contributed by atoms with E-state index in [0.717, 1.165) is 12.1 Å². The summed E-state index contributed by atoms with van der Waals surface area (Å²) in [6.07, 6.45) is 0. The molecule has 0 spiro atoms. The van der Waals surface area contributed by atoms with Crippen LogP contribution in [0.3, 0.4) is 0 Å². The highest BCUT2D eigenvalue weighted by Gasteiger charge is 2.07. The van der Waals surface area contributed by atoms with Gasteiger partial charge in [-0.2, -0.15) is 0 Å². The molecule has 0 aliphatic heterocycles. The Morgan fingerprint density at radius 1 is 1.15 bits per heavy atom. The normalized spacial score (nSPS) is 11.8. The SMILES string of the molecule is CCN[C@H](C)CNC(=O)c1ccc(CNC(C)=O)cc1. The molecular formula is C15H23N3O2. The Kier molecular flexibility index (Phi) is 6.73. The van der Waals surface area contributed by atoms with Gasteiger partial charge in [-0.15, -0.1) is 0 Å². The van der Waals surface area contributed by atoms with Crippen LogP contribution < -0.4 is 16.0 Å². The van der Waals surface area contributed by atoms with E-state index in [1.807, 2.05) is 26.0 Å². The Balaban J connectivity index is 2.46. The number of carbonyl (C=O) groups is 2. The summed E-state index contributed by atoms with van der Waals surface area (Å²) < 4.78 is 0.